The summed E-state index contributed by atoms with van der Waals surface area (Å²) < 4.78 is 20.9. The molecule has 2 aliphatic heterocycles. The highest BCUT2D eigenvalue weighted by atomic mass is 32.1. The van der Waals surface area contributed by atoms with E-state index in [2.05, 4.69) is 18.9 Å². The summed E-state index contributed by atoms with van der Waals surface area (Å²) in [6, 6.07) is 5.74. The Kier molecular flexibility index (Phi) is 4.42. The molecule has 2 aliphatic rings. The zero-order valence-corrected chi connectivity index (χ0v) is 15.8. The molecule has 3 heterocycles. The fourth-order valence-corrected chi connectivity index (χ4v) is 3.54. The summed E-state index contributed by atoms with van der Waals surface area (Å²) in [5.74, 6) is 1.42. The first-order chi connectivity index (χ1) is 12.4. The Morgan fingerprint density at radius 1 is 1.35 bits per heavy atom. The highest BCUT2D eigenvalue weighted by Gasteiger charge is 2.45. The highest BCUT2D eigenvalue weighted by molar-refractivity contribution is 7.71. The first-order valence-electron chi connectivity index (χ1n) is 8.58. The molecular weight excluding hydrogens is 354 g/mol. The number of Topliss-reactive ketones (excluding diaryl/α,β-unsaturated/α-hetero) is 1. The van der Waals surface area contributed by atoms with Crippen LogP contribution in [0.1, 0.15) is 29.4 Å². The Balaban J connectivity index is 1.55. The van der Waals surface area contributed by atoms with Gasteiger partial charge in [0.25, 0.3) is 0 Å². The molecule has 3 atom stereocenters. The molecule has 2 saturated heterocycles. The van der Waals surface area contributed by atoms with Gasteiger partial charge in [-0.15, -0.1) is 0 Å². The van der Waals surface area contributed by atoms with Crippen LogP contribution in [-0.4, -0.2) is 39.1 Å². The second-order valence-corrected chi connectivity index (χ2v) is 7.18. The van der Waals surface area contributed by atoms with Crippen LogP contribution in [0, 0.1) is 18.6 Å². The summed E-state index contributed by atoms with van der Waals surface area (Å²) in [7, 11) is 1.85. The molecule has 26 heavy (non-hydrogen) atoms. The summed E-state index contributed by atoms with van der Waals surface area (Å²) in [5.41, 5.74) is 2.40. The Morgan fingerprint density at radius 3 is 2.92 bits per heavy atom. The second-order valence-electron chi connectivity index (χ2n) is 6.81. The number of ketones is 1. The number of fused-ring (bicyclic) bond motifs is 2. The van der Waals surface area contributed by atoms with E-state index in [9.17, 15) is 4.79 Å². The van der Waals surface area contributed by atoms with Crippen LogP contribution in [0.15, 0.2) is 18.2 Å². The van der Waals surface area contributed by atoms with Gasteiger partial charge >= 0.3 is 0 Å². The van der Waals surface area contributed by atoms with Crippen molar-refractivity contribution in [3.63, 3.8) is 0 Å². The predicted molar refractivity (Wildman–Crippen MR) is 95.6 cm³/mol. The van der Waals surface area contributed by atoms with Gasteiger partial charge in [0, 0.05) is 13.5 Å². The van der Waals surface area contributed by atoms with Crippen molar-refractivity contribution in [3.8, 4) is 5.75 Å². The van der Waals surface area contributed by atoms with Gasteiger partial charge < -0.3 is 18.8 Å². The number of aryl methyl sites for hydroxylation is 2. The van der Waals surface area contributed by atoms with Crippen LogP contribution in [0.2, 0.25) is 0 Å². The Bertz CT molecular complexity index is 920. The third-order valence-electron chi connectivity index (χ3n) is 5.07. The van der Waals surface area contributed by atoms with E-state index in [4.69, 9.17) is 26.4 Å². The van der Waals surface area contributed by atoms with E-state index < -0.39 is 6.29 Å². The maximum absolute atomic E-state index is 12.1. The van der Waals surface area contributed by atoms with E-state index in [1.807, 2.05) is 29.8 Å². The Hall–Kier alpha value is -2.03. The summed E-state index contributed by atoms with van der Waals surface area (Å²) in [6.45, 7) is 4.79. The maximum Gasteiger partial charge on any atom is 0.218 e. The predicted octanol–water partition coefficient (Wildman–Crippen LogP) is 2.40. The lowest BCUT2D eigenvalue weighted by Gasteiger charge is -2.26. The third-order valence-corrected chi connectivity index (χ3v) is 5.53. The number of aromatic nitrogens is 3. The molecule has 7 nitrogen and oxygen atoms in total. The molecule has 0 N–H and O–H groups in total. The van der Waals surface area contributed by atoms with Crippen LogP contribution in [0.3, 0.4) is 0 Å². The van der Waals surface area contributed by atoms with Gasteiger partial charge in [-0.3, -0.25) is 4.79 Å². The van der Waals surface area contributed by atoms with Gasteiger partial charge in [-0.05, 0) is 49.3 Å². The lowest BCUT2D eigenvalue weighted by Crippen LogP contribution is -2.37. The summed E-state index contributed by atoms with van der Waals surface area (Å²) in [4.78, 5) is 12.1. The van der Waals surface area contributed by atoms with Gasteiger partial charge in [0.1, 0.15) is 18.5 Å². The minimum absolute atomic E-state index is 0.0655. The van der Waals surface area contributed by atoms with Crippen molar-refractivity contribution in [1.82, 2.24) is 14.3 Å². The quantitative estimate of drug-likeness (QED) is 0.765. The number of nitrogens with zero attached hydrogens (tertiary/aromatic N) is 3. The molecule has 0 amide bonds. The van der Waals surface area contributed by atoms with Crippen molar-refractivity contribution in [1.29, 1.82) is 0 Å². The highest BCUT2D eigenvalue weighted by Crippen LogP contribution is 2.33. The molecular formula is C18H21N3O4S. The van der Waals surface area contributed by atoms with Gasteiger partial charge in [-0.2, -0.15) is 5.10 Å². The molecule has 4 rings (SSSR count). The topological polar surface area (TPSA) is 67.5 Å². The van der Waals surface area contributed by atoms with Crippen LogP contribution < -0.4 is 4.74 Å². The van der Waals surface area contributed by atoms with Crippen molar-refractivity contribution in [2.45, 2.75) is 45.3 Å². The number of benzene rings is 1. The minimum atomic E-state index is -0.721. The van der Waals surface area contributed by atoms with Crippen LogP contribution in [0.25, 0.3) is 0 Å². The van der Waals surface area contributed by atoms with E-state index >= 15 is 0 Å². The average Bonchev–Trinajstić information content (AvgIpc) is 3.17. The van der Waals surface area contributed by atoms with E-state index in [-0.39, 0.29) is 17.9 Å². The second kappa shape index (κ2) is 6.61. The van der Waals surface area contributed by atoms with Crippen molar-refractivity contribution < 1.29 is 19.0 Å². The van der Waals surface area contributed by atoms with E-state index in [0.717, 1.165) is 5.75 Å². The third kappa shape index (κ3) is 2.98. The summed E-state index contributed by atoms with van der Waals surface area (Å²) >= 11 is 5.52. The van der Waals surface area contributed by atoms with Gasteiger partial charge in [0.05, 0.1) is 12.6 Å². The number of carbonyl (C=O) groups excluding carboxylic acids is 1. The number of hydrogen-bond acceptors (Lipinski definition) is 6. The van der Waals surface area contributed by atoms with E-state index in [0.29, 0.717) is 30.2 Å². The van der Waals surface area contributed by atoms with Gasteiger partial charge in [-0.25, -0.2) is 4.68 Å². The molecule has 0 aliphatic carbocycles. The lowest BCUT2D eigenvalue weighted by molar-refractivity contribution is -0.156. The van der Waals surface area contributed by atoms with E-state index in [1.54, 1.807) is 4.68 Å². The maximum atomic E-state index is 12.1. The van der Waals surface area contributed by atoms with Crippen LogP contribution in [-0.2, 0) is 27.9 Å². The SMILES string of the molecule is Cc1ccc(OCc2nn([C@H]3CC(=O)[C@@H]4OC[C@H]3O4)c(=S)n2C)cc1C. The summed E-state index contributed by atoms with van der Waals surface area (Å²) in [6.07, 6.45) is -0.604. The van der Waals surface area contributed by atoms with Crippen LogP contribution >= 0.6 is 12.2 Å². The molecule has 2 fully saturated rings. The first kappa shape index (κ1) is 17.4. The molecule has 0 spiro atoms. The number of ether oxygens (including phenoxy) is 3. The standard InChI is InChI=1S/C18H21N3O4S/c1-10-4-5-12(6-11(10)2)23-9-16-19-21(18(26)20(16)3)13-7-14(22)17-24-8-15(13)25-17/h4-6,13,15,17H,7-9H2,1-3H3/t13-,15+,17+/m0/s1. The monoisotopic (exact) mass is 375 g/mol. The van der Waals surface area contributed by atoms with Crippen molar-refractivity contribution in [2.24, 2.45) is 7.05 Å². The van der Waals surface area contributed by atoms with Gasteiger partial charge in [0.15, 0.2) is 16.4 Å². The smallest absolute Gasteiger partial charge is 0.218 e. The van der Waals surface area contributed by atoms with Crippen molar-refractivity contribution >= 4 is 18.0 Å². The van der Waals surface area contributed by atoms with Crippen molar-refractivity contribution in [2.75, 3.05) is 6.61 Å². The van der Waals surface area contributed by atoms with Gasteiger partial charge in [0.2, 0.25) is 6.29 Å². The summed E-state index contributed by atoms with van der Waals surface area (Å²) in [5, 5.41) is 4.60. The Morgan fingerprint density at radius 2 is 2.15 bits per heavy atom. The van der Waals surface area contributed by atoms with E-state index in [1.165, 1.54) is 11.1 Å². The lowest BCUT2D eigenvalue weighted by atomic mass is 10.0. The fraction of sp³-hybridized carbons (Fsp3) is 0.500. The molecule has 8 heteroatoms. The average molecular weight is 375 g/mol. The molecule has 138 valence electrons. The van der Waals surface area contributed by atoms with Crippen LogP contribution in [0.4, 0.5) is 0 Å². The molecule has 2 aromatic rings. The largest absolute Gasteiger partial charge is 0.486 e. The zero-order valence-electron chi connectivity index (χ0n) is 15.0. The molecule has 1 aromatic heterocycles. The first-order valence-corrected chi connectivity index (χ1v) is 8.99. The van der Waals surface area contributed by atoms with Crippen LogP contribution in [0.5, 0.6) is 5.75 Å². The van der Waals surface area contributed by atoms with Crippen molar-refractivity contribution in [3.05, 3.63) is 39.9 Å². The molecule has 0 unspecified atom stereocenters. The molecule has 0 radical (unpaired) electrons. The van der Waals surface area contributed by atoms with Gasteiger partial charge in [-0.1, -0.05) is 6.07 Å². The normalized spacial score (nSPS) is 24.9. The number of carbonyl (C=O) groups is 1. The zero-order chi connectivity index (χ0) is 18.4. The molecule has 0 saturated carbocycles. The Labute approximate surface area is 156 Å². The minimum Gasteiger partial charge on any atom is -0.486 e. The number of rotatable bonds is 4. The molecule has 1 aromatic carbocycles. The number of hydrogen-bond donors (Lipinski definition) is 0. The fourth-order valence-electron chi connectivity index (χ4n) is 3.26. The molecule has 2 bridgehead atoms.